The van der Waals surface area contributed by atoms with Gasteiger partial charge in [0.25, 0.3) is 0 Å². The van der Waals surface area contributed by atoms with Gasteiger partial charge in [0.15, 0.2) is 0 Å². The van der Waals surface area contributed by atoms with E-state index in [0.717, 1.165) is 13.0 Å². The van der Waals surface area contributed by atoms with Crippen molar-refractivity contribution in [3.8, 4) is 0 Å². The maximum atomic E-state index is 9.91. The van der Waals surface area contributed by atoms with Gasteiger partial charge >= 0.3 is 0 Å². The molecule has 2 atom stereocenters. The minimum Gasteiger partial charge on any atom is -0.326 e. The quantitative estimate of drug-likeness (QED) is 0.448. The van der Waals surface area contributed by atoms with Gasteiger partial charge in [0.05, 0.1) is 6.04 Å². The Balaban J connectivity index is 2.32. The van der Waals surface area contributed by atoms with Crippen molar-refractivity contribution >= 4 is 6.29 Å². The minimum atomic E-state index is -0.106. The predicted molar refractivity (Wildman–Crippen MR) is 30.1 cm³/mol. The molecule has 1 saturated heterocycles. The summed E-state index contributed by atoms with van der Waals surface area (Å²) >= 11 is 0. The Kier molecular flexibility index (Phi) is 1.60. The summed E-state index contributed by atoms with van der Waals surface area (Å²) in [6.45, 7) is 0.750. The molecule has 1 rings (SSSR count). The zero-order valence-corrected chi connectivity index (χ0v) is 4.55. The van der Waals surface area contributed by atoms with Gasteiger partial charge in [-0.2, -0.15) is 0 Å². The first-order chi connectivity index (χ1) is 3.83. The second-order valence-corrected chi connectivity index (χ2v) is 2.07. The van der Waals surface area contributed by atoms with E-state index >= 15 is 0 Å². The van der Waals surface area contributed by atoms with E-state index in [2.05, 4.69) is 5.32 Å². The molecule has 1 fully saturated rings. The Morgan fingerprint density at radius 3 is 2.75 bits per heavy atom. The number of nitrogens with two attached hydrogens (primary N) is 1. The van der Waals surface area contributed by atoms with Crippen LogP contribution in [0.3, 0.4) is 0 Å². The highest BCUT2D eigenvalue weighted by molar-refractivity contribution is 5.59. The Morgan fingerprint density at radius 1 is 1.75 bits per heavy atom. The second kappa shape index (κ2) is 2.24. The molecule has 0 bridgehead atoms. The fourth-order valence-electron chi connectivity index (χ4n) is 0.853. The van der Waals surface area contributed by atoms with Crippen molar-refractivity contribution in [2.45, 2.75) is 18.5 Å². The molecule has 0 amide bonds. The summed E-state index contributed by atoms with van der Waals surface area (Å²) in [5.74, 6) is 0. The molecule has 1 aliphatic rings. The van der Waals surface area contributed by atoms with Gasteiger partial charge < -0.3 is 11.1 Å². The third-order valence-electron chi connectivity index (χ3n) is 1.31. The summed E-state index contributed by atoms with van der Waals surface area (Å²) in [4.78, 5) is 9.91. The largest absolute Gasteiger partial charge is 0.326 e. The van der Waals surface area contributed by atoms with E-state index in [1.807, 2.05) is 6.29 Å². The third-order valence-corrected chi connectivity index (χ3v) is 1.31. The van der Waals surface area contributed by atoms with Gasteiger partial charge in [-0.15, -0.1) is 0 Å². The van der Waals surface area contributed by atoms with Crippen LogP contribution in [0, 0.1) is 0 Å². The Bertz CT molecular complexity index is 94.4. The number of carbonyl (C=O) groups excluding carboxylic acids is 1. The molecule has 45 valence electrons. The van der Waals surface area contributed by atoms with E-state index in [9.17, 15) is 4.79 Å². The maximum absolute atomic E-state index is 9.91. The van der Waals surface area contributed by atoms with Crippen LogP contribution in [-0.2, 0) is 4.79 Å². The first-order valence-electron chi connectivity index (χ1n) is 2.69. The van der Waals surface area contributed by atoms with E-state index in [-0.39, 0.29) is 12.1 Å². The van der Waals surface area contributed by atoms with Crippen LogP contribution in [0.15, 0.2) is 0 Å². The molecule has 0 saturated carbocycles. The Labute approximate surface area is 48.2 Å². The predicted octanol–water partition coefficient (Wildman–Crippen LogP) is -1.21. The van der Waals surface area contributed by atoms with E-state index in [1.165, 1.54) is 0 Å². The summed E-state index contributed by atoms with van der Waals surface area (Å²) in [5.41, 5.74) is 5.46. The minimum absolute atomic E-state index is 0.106. The first kappa shape index (κ1) is 5.72. The van der Waals surface area contributed by atoms with Gasteiger partial charge in [0.1, 0.15) is 0 Å². The van der Waals surface area contributed by atoms with Crippen molar-refractivity contribution in [3.63, 3.8) is 0 Å². The molecule has 0 spiro atoms. The van der Waals surface area contributed by atoms with E-state index in [1.54, 1.807) is 0 Å². The fraction of sp³-hybridized carbons (Fsp3) is 0.800. The number of nitrogens with one attached hydrogen (secondary N) is 1. The standard InChI is InChI=1S/C5H9N2O/c6-4-1-5(3-8)7-2-4/h4-5,7H,1-2,6H2. The van der Waals surface area contributed by atoms with Crippen molar-refractivity contribution in [1.82, 2.24) is 5.32 Å². The van der Waals surface area contributed by atoms with Crippen LogP contribution in [0.2, 0.25) is 0 Å². The van der Waals surface area contributed by atoms with Crippen LogP contribution in [0.4, 0.5) is 0 Å². The third kappa shape index (κ3) is 1.05. The number of rotatable bonds is 1. The lowest BCUT2D eigenvalue weighted by Crippen LogP contribution is -2.23. The van der Waals surface area contributed by atoms with Crippen LogP contribution >= 0.6 is 0 Å². The lowest BCUT2D eigenvalue weighted by atomic mass is 10.2. The lowest BCUT2D eigenvalue weighted by molar-refractivity contribution is 0.533. The lowest BCUT2D eigenvalue weighted by Gasteiger charge is -1.94. The van der Waals surface area contributed by atoms with E-state index in [4.69, 9.17) is 5.73 Å². The molecule has 2 unspecified atom stereocenters. The summed E-state index contributed by atoms with van der Waals surface area (Å²) in [6.07, 6.45) is 2.59. The number of hydrogen-bond acceptors (Lipinski definition) is 3. The molecule has 0 aliphatic carbocycles. The average Bonchev–Trinajstić information content (AvgIpc) is 2.14. The Morgan fingerprint density at radius 2 is 2.50 bits per heavy atom. The SMILES string of the molecule is NC1CNC([C]=O)C1. The van der Waals surface area contributed by atoms with Crippen molar-refractivity contribution in [2.75, 3.05) is 6.54 Å². The fourth-order valence-corrected chi connectivity index (χ4v) is 0.853. The smallest absolute Gasteiger partial charge is 0.216 e. The maximum Gasteiger partial charge on any atom is 0.216 e. The van der Waals surface area contributed by atoms with Gasteiger partial charge in [0.2, 0.25) is 6.29 Å². The topological polar surface area (TPSA) is 55.1 Å². The van der Waals surface area contributed by atoms with Gasteiger partial charge in [-0.1, -0.05) is 0 Å². The normalized spacial score (nSPS) is 37.6. The van der Waals surface area contributed by atoms with Crippen LogP contribution < -0.4 is 11.1 Å². The molecule has 1 aliphatic heterocycles. The molecule has 3 nitrogen and oxygen atoms in total. The van der Waals surface area contributed by atoms with Gasteiger partial charge in [-0.05, 0) is 6.42 Å². The van der Waals surface area contributed by atoms with E-state index in [0.29, 0.717) is 0 Å². The van der Waals surface area contributed by atoms with E-state index < -0.39 is 0 Å². The molecule has 0 aromatic heterocycles. The van der Waals surface area contributed by atoms with Crippen molar-refractivity contribution in [1.29, 1.82) is 0 Å². The van der Waals surface area contributed by atoms with Crippen LogP contribution in [0.1, 0.15) is 6.42 Å². The highest BCUT2D eigenvalue weighted by atomic mass is 16.1. The summed E-state index contributed by atoms with van der Waals surface area (Å²) < 4.78 is 0. The molecule has 1 radical (unpaired) electrons. The van der Waals surface area contributed by atoms with Gasteiger partial charge in [0, 0.05) is 12.6 Å². The second-order valence-electron chi connectivity index (χ2n) is 2.07. The first-order valence-corrected chi connectivity index (χ1v) is 2.69. The summed E-state index contributed by atoms with van der Waals surface area (Å²) in [7, 11) is 0. The molecule has 1 heterocycles. The summed E-state index contributed by atoms with van der Waals surface area (Å²) in [5, 5.41) is 2.91. The molecule has 3 N–H and O–H groups in total. The average molecular weight is 113 g/mol. The van der Waals surface area contributed by atoms with Crippen LogP contribution in [-0.4, -0.2) is 24.9 Å². The zero-order valence-electron chi connectivity index (χ0n) is 4.55. The molecule has 0 aromatic carbocycles. The van der Waals surface area contributed by atoms with Crippen molar-refractivity contribution in [2.24, 2.45) is 5.73 Å². The highest BCUT2D eigenvalue weighted by Gasteiger charge is 2.19. The van der Waals surface area contributed by atoms with Crippen LogP contribution in [0.5, 0.6) is 0 Å². The molecule has 0 aromatic rings. The van der Waals surface area contributed by atoms with Crippen molar-refractivity contribution < 1.29 is 4.79 Å². The molecule has 8 heavy (non-hydrogen) atoms. The monoisotopic (exact) mass is 113 g/mol. The zero-order chi connectivity index (χ0) is 5.98. The van der Waals surface area contributed by atoms with Gasteiger partial charge in [-0.25, -0.2) is 0 Å². The molecular formula is C5H9N2O. The van der Waals surface area contributed by atoms with Gasteiger partial charge in [-0.3, -0.25) is 4.79 Å². The molecule has 3 heteroatoms. The molecular weight excluding hydrogens is 104 g/mol. The Hall–Kier alpha value is -0.410. The van der Waals surface area contributed by atoms with Crippen LogP contribution in [0.25, 0.3) is 0 Å². The van der Waals surface area contributed by atoms with Crippen molar-refractivity contribution in [3.05, 3.63) is 0 Å². The number of hydrogen-bond donors (Lipinski definition) is 2. The summed E-state index contributed by atoms with van der Waals surface area (Å²) in [6, 6.07) is 0.0476. The highest BCUT2D eigenvalue weighted by Crippen LogP contribution is 1.99.